The molecular formula is C19H27N3O5S. The van der Waals surface area contributed by atoms with E-state index in [2.05, 4.69) is 0 Å². The lowest BCUT2D eigenvalue weighted by atomic mass is 10.1. The van der Waals surface area contributed by atoms with Crippen LogP contribution in [0.25, 0.3) is 0 Å². The summed E-state index contributed by atoms with van der Waals surface area (Å²) in [6.07, 6.45) is 0.312. The molecule has 0 aliphatic carbocycles. The van der Waals surface area contributed by atoms with E-state index in [0.29, 0.717) is 57.1 Å². The number of carbonyl (C=O) groups is 2. The number of morpholine rings is 1. The van der Waals surface area contributed by atoms with Crippen LogP contribution in [0.5, 0.6) is 0 Å². The quantitative estimate of drug-likeness (QED) is 0.720. The zero-order valence-electron chi connectivity index (χ0n) is 16.6. The molecule has 8 nitrogen and oxygen atoms in total. The molecule has 2 aliphatic rings. The average molecular weight is 410 g/mol. The summed E-state index contributed by atoms with van der Waals surface area (Å²) in [5.41, 5.74) is 1.31. The molecule has 2 amide bonds. The molecule has 0 bridgehead atoms. The SMILES string of the molecule is CCN(CC)S(=O)(=O)c1ccc2c(c1)C[C@@H](C(=O)N1CCOCC1)N2C(C)=O. The molecule has 3 rings (SSSR count). The van der Waals surface area contributed by atoms with Crippen LogP contribution in [0.3, 0.4) is 0 Å². The zero-order chi connectivity index (χ0) is 20.5. The molecule has 1 saturated heterocycles. The van der Waals surface area contributed by atoms with Gasteiger partial charge in [-0.05, 0) is 23.8 Å². The minimum Gasteiger partial charge on any atom is -0.378 e. The second-order valence-corrected chi connectivity index (χ2v) is 8.86. The Bertz CT molecular complexity index is 860. The number of anilines is 1. The Morgan fingerprint density at radius 3 is 2.39 bits per heavy atom. The first-order valence-electron chi connectivity index (χ1n) is 9.60. The summed E-state index contributed by atoms with van der Waals surface area (Å²) in [5.74, 6) is -0.354. The number of rotatable bonds is 5. The number of benzene rings is 1. The van der Waals surface area contributed by atoms with Crippen LogP contribution in [0, 0.1) is 0 Å². The number of amides is 2. The first-order chi connectivity index (χ1) is 13.3. The molecule has 0 unspecified atom stereocenters. The monoisotopic (exact) mass is 409 g/mol. The fraction of sp³-hybridized carbons (Fsp3) is 0.579. The van der Waals surface area contributed by atoms with Gasteiger partial charge >= 0.3 is 0 Å². The fourth-order valence-electron chi connectivity index (χ4n) is 3.88. The Kier molecular flexibility index (Phi) is 6.07. The Labute approximate surface area is 166 Å². The van der Waals surface area contributed by atoms with E-state index in [-0.39, 0.29) is 16.7 Å². The van der Waals surface area contributed by atoms with Crippen molar-refractivity contribution in [3.63, 3.8) is 0 Å². The first kappa shape index (κ1) is 20.8. The van der Waals surface area contributed by atoms with E-state index in [0.717, 1.165) is 0 Å². The van der Waals surface area contributed by atoms with Crippen LogP contribution in [-0.2, 0) is 30.8 Å². The number of nitrogens with zero attached hydrogens (tertiary/aromatic N) is 3. The van der Waals surface area contributed by atoms with Gasteiger partial charge in [0, 0.05) is 45.2 Å². The Morgan fingerprint density at radius 1 is 1.18 bits per heavy atom. The van der Waals surface area contributed by atoms with Crippen LogP contribution in [0.2, 0.25) is 0 Å². The molecular weight excluding hydrogens is 382 g/mol. The summed E-state index contributed by atoms with van der Waals surface area (Å²) in [6.45, 7) is 7.75. The normalized spacial score (nSPS) is 19.8. The van der Waals surface area contributed by atoms with Gasteiger partial charge in [0.05, 0.1) is 18.1 Å². The number of fused-ring (bicyclic) bond motifs is 1. The van der Waals surface area contributed by atoms with Gasteiger partial charge in [-0.3, -0.25) is 14.5 Å². The van der Waals surface area contributed by atoms with Crippen LogP contribution in [0.4, 0.5) is 5.69 Å². The highest BCUT2D eigenvalue weighted by Gasteiger charge is 2.40. The third-order valence-electron chi connectivity index (χ3n) is 5.33. The number of hydrogen-bond acceptors (Lipinski definition) is 5. The molecule has 0 saturated carbocycles. The molecule has 1 atom stereocenters. The highest BCUT2D eigenvalue weighted by molar-refractivity contribution is 7.89. The van der Waals surface area contributed by atoms with E-state index in [1.165, 1.54) is 22.2 Å². The molecule has 2 heterocycles. The highest BCUT2D eigenvalue weighted by Crippen LogP contribution is 2.35. The molecule has 1 aromatic carbocycles. The molecule has 0 N–H and O–H groups in total. The lowest BCUT2D eigenvalue weighted by Gasteiger charge is -2.32. The van der Waals surface area contributed by atoms with E-state index >= 15 is 0 Å². The summed E-state index contributed by atoms with van der Waals surface area (Å²) in [7, 11) is -3.60. The van der Waals surface area contributed by atoms with E-state index in [1.807, 2.05) is 0 Å². The van der Waals surface area contributed by atoms with Gasteiger partial charge in [0.15, 0.2) is 0 Å². The van der Waals surface area contributed by atoms with E-state index in [4.69, 9.17) is 4.74 Å². The van der Waals surface area contributed by atoms with Gasteiger partial charge in [0.25, 0.3) is 0 Å². The van der Waals surface area contributed by atoms with Crippen molar-refractivity contribution < 1.29 is 22.7 Å². The topological polar surface area (TPSA) is 87.2 Å². The van der Waals surface area contributed by atoms with Gasteiger partial charge in [0.1, 0.15) is 6.04 Å². The lowest BCUT2D eigenvalue weighted by molar-refractivity contribution is -0.137. The van der Waals surface area contributed by atoms with Crippen molar-refractivity contribution in [2.24, 2.45) is 0 Å². The van der Waals surface area contributed by atoms with Crippen LogP contribution >= 0.6 is 0 Å². The molecule has 0 spiro atoms. The van der Waals surface area contributed by atoms with Crippen molar-refractivity contribution in [2.75, 3.05) is 44.3 Å². The highest BCUT2D eigenvalue weighted by atomic mass is 32.2. The summed E-state index contributed by atoms with van der Waals surface area (Å²) < 4.78 is 32.3. The van der Waals surface area contributed by atoms with E-state index in [1.54, 1.807) is 30.9 Å². The van der Waals surface area contributed by atoms with E-state index < -0.39 is 16.1 Å². The van der Waals surface area contributed by atoms with Gasteiger partial charge in [-0.2, -0.15) is 4.31 Å². The first-order valence-corrected chi connectivity index (χ1v) is 11.0. The average Bonchev–Trinajstić information content (AvgIpc) is 3.07. The van der Waals surface area contributed by atoms with Crippen LogP contribution in [-0.4, -0.2) is 74.9 Å². The van der Waals surface area contributed by atoms with Gasteiger partial charge in [-0.25, -0.2) is 8.42 Å². The Hall–Kier alpha value is -1.97. The minimum absolute atomic E-state index is 0.122. The summed E-state index contributed by atoms with van der Waals surface area (Å²) in [5, 5.41) is 0. The van der Waals surface area contributed by atoms with Crippen molar-refractivity contribution >= 4 is 27.5 Å². The maximum Gasteiger partial charge on any atom is 0.246 e. The fourth-order valence-corrected chi connectivity index (χ4v) is 5.39. The summed E-state index contributed by atoms with van der Waals surface area (Å²) in [6, 6.07) is 4.12. The molecule has 1 fully saturated rings. The predicted octanol–water partition coefficient (Wildman–Crippen LogP) is 0.854. The van der Waals surface area contributed by atoms with Crippen LogP contribution in [0.1, 0.15) is 26.3 Å². The molecule has 28 heavy (non-hydrogen) atoms. The number of ether oxygens (including phenoxy) is 1. The number of hydrogen-bond donors (Lipinski definition) is 0. The molecule has 0 aromatic heterocycles. The summed E-state index contributed by atoms with van der Waals surface area (Å²) in [4.78, 5) is 28.7. The van der Waals surface area contributed by atoms with Gasteiger partial charge in [-0.15, -0.1) is 0 Å². The lowest BCUT2D eigenvalue weighted by Crippen LogP contribution is -2.52. The second-order valence-electron chi connectivity index (χ2n) is 6.93. The maximum atomic E-state index is 13.0. The van der Waals surface area contributed by atoms with Crippen LogP contribution in [0.15, 0.2) is 23.1 Å². The Balaban J connectivity index is 1.93. The number of carbonyl (C=O) groups excluding carboxylic acids is 2. The molecule has 154 valence electrons. The largest absolute Gasteiger partial charge is 0.378 e. The molecule has 9 heteroatoms. The van der Waals surface area contributed by atoms with Crippen molar-refractivity contribution in [1.29, 1.82) is 0 Å². The molecule has 0 radical (unpaired) electrons. The van der Waals surface area contributed by atoms with Gasteiger partial charge < -0.3 is 9.64 Å². The van der Waals surface area contributed by atoms with Gasteiger partial charge in [-0.1, -0.05) is 13.8 Å². The molecule has 1 aromatic rings. The van der Waals surface area contributed by atoms with Crippen LogP contribution < -0.4 is 4.90 Å². The summed E-state index contributed by atoms with van der Waals surface area (Å²) >= 11 is 0. The third kappa shape index (κ3) is 3.66. The maximum absolute atomic E-state index is 13.0. The zero-order valence-corrected chi connectivity index (χ0v) is 17.4. The van der Waals surface area contributed by atoms with E-state index in [9.17, 15) is 18.0 Å². The van der Waals surface area contributed by atoms with Crippen molar-refractivity contribution in [3.8, 4) is 0 Å². The second kappa shape index (κ2) is 8.18. The van der Waals surface area contributed by atoms with Gasteiger partial charge in [0.2, 0.25) is 21.8 Å². The minimum atomic E-state index is -3.60. The number of sulfonamides is 1. The third-order valence-corrected chi connectivity index (χ3v) is 7.37. The standard InChI is InChI=1S/C19H27N3O5S/c1-4-21(5-2)28(25,26)16-6-7-17-15(12-16)13-18(22(17)14(3)23)19(24)20-8-10-27-11-9-20/h6-7,12,18H,4-5,8-11,13H2,1-3H3/t18-/m0/s1. The Morgan fingerprint density at radius 2 is 1.82 bits per heavy atom. The van der Waals surface area contributed by atoms with Crippen molar-refractivity contribution in [2.45, 2.75) is 38.1 Å². The predicted molar refractivity (Wildman–Crippen MR) is 105 cm³/mol. The smallest absolute Gasteiger partial charge is 0.246 e. The van der Waals surface area contributed by atoms with Crippen molar-refractivity contribution in [1.82, 2.24) is 9.21 Å². The van der Waals surface area contributed by atoms with Crippen molar-refractivity contribution in [3.05, 3.63) is 23.8 Å². The molecule has 2 aliphatic heterocycles.